The van der Waals surface area contributed by atoms with E-state index in [0.717, 1.165) is 16.2 Å². The fraction of sp³-hybridized carbons (Fsp3) is 0.235. The summed E-state index contributed by atoms with van der Waals surface area (Å²) in [5.74, 6) is -0.307. The first-order chi connectivity index (χ1) is 12.0. The van der Waals surface area contributed by atoms with Gasteiger partial charge in [-0.2, -0.15) is 9.36 Å². The van der Waals surface area contributed by atoms with Crippen molar-refractivity contribution in [2.75, 3.05) is 7.05 Å². The topological polar surface area (TPSA) is 40.1 Å². The Morgan fingerprint density at radius 3 is 2.56 bits per heavy atom. The third-order valence-electron chi connectivity index (χ3n) is 3.88. The van der Waals surface area contributed by atoms with Gasteiger partial charge in [0.25, 0.3) is 0 Å². The lowest BCUT2D eigenvalue weighted by molar-refractivity contribution is -0.917. The Morgan fingerprint density at radius 2 is 1.88 bits per heavy atom. The number of hydrogen-bond acceptors (Lipinski definition) is 3. The molecule has 5 nitrogen and oxygen atoms in total. The molecule has 0 aliphatic rings. The number of aromatic nitrogens is 4. The summed E-state index contributed by atoms with van der Waals surface area (Å²) in [5, 5.41) is 8.66. The van der Waals surface area contributed by atoms with Gasteiger partial charge in [-0.25, -0.2) is 4.39 Å². The van der Waals surface area contributed by atoms with Crippen LogP contribution in [0.25, 0.3) is 5.69 Å². The number of benzene rings is 2. The minimum Gasteiger partial charge on any atom is -0.315 e. The first-order valence-corrected chi connectivity index (χ1v) is 8.58. The number of halogens is 2. The Labute approximate surface area is 155 Å². The first-order valence-electron chi connectivity index (χ1n) is 7.80. The summed E-state index contributed by atoms with van der Waals surface area (Å²) in [6, 6.07) is 12.6. The van der Waals surface area contributed by atoms with E-state index in [4.69, 9.17) is 23.8 Å². The summed E-state index contributed by atoms with van der Waals surface area (Å²) in [6.07, 6.45) is 0. The van der Waals surface area contributed by atoms with Crippen LogP contribution in [-0.4, -0.2) is 26.8 Å². The van der Waals surface area contributed by atoms with Crippen LogP contribution in [0.4, 0.5) is 4.39 Å². The Morgan fingerprint density at radius 1 is 1.16 bits per heavy atom. The summed E-state index contributed by atoms with van der Waals surface area (Å²) in [5.41, 5.74) is 2.50. The maximum absolute atomic E-state index is 13.9. The van der Waals surface area contributed by atoms with Crippen LogP contribution in [0.2, 0.25) is 5.02 Å². The zero-order valence-electron chi connectivity index (χ0n) is 13.9. The molecule has 1 heterocycles. The summed E-state index contributed by atoms with van der Waals surface area (Å²) >= 11 is 11.6. The number of tetrazole rings is 1. The molecule has 1 unspecified atom stereocenters. The lowest BCUT2D eigenvalue weighted by Crippen LogP contribution is -3.07. The predicted octanol–water partition coefficient (Wildman–Crippen LogP) is 2.57. The maximum Gasteiger partial charge on any atom is 0.225 e. The van der Waals surface area contributed by atoms with Crippen LogP contribution in [0, 0.1) is 17.5 Å². The standard InChI is InChI=1S/C17H17ClFN5S/c1-12-6-8-13(9-7-12)24-17(25)23(20-21-24)11-22(2)10-14-15(18)4-3-5-16(14)19/h3-9H,10-11H2,1-2H3/p+1. The van der Waals surface area contributed by atoms with Gasteiger partial charge in [-0.3, -0.25) is 0 Å². The van der Waals surface area contributed by atoms with Crippen molar-refractivity contribution < 1.29 is 9.29 Å². The molecule has 0 aliphatic carbocycles. The molecule has 0 aliphatic heterocycles. The Bertz CT molecular complexity index is 915. The second-order valence-corrected chi connectivity index (χ2v) is 6.77. The van der Waals surface area contributed by atoms with Crippen molar-refractivity contribution in [1.29, 1.82) is 0 Å². The third-order valence-corrected chi connectivity index (χ3v) is 4.62. The fourth-order valence-electron chi connectivity index (χ4n) is 2.54. The summed E-state index contributed by atoms with van der Waals surface area (Å²) < 4.78 is 17.7. The highest BCUT2D eigenvalue weighted by molar-refractivity contribution is 7.71. The average Bonchev–Trinajstić information content (AvgIpc) is 2.93. The van der Waals surface area contributed by atoms with Crippen LogP contribution in [-0.2, 0) is 13.2 Å². The molecule has 3 aromatic rings. The fourth-order valence-corrected chi connectivity index (χ4v) is 3.01. The van der Waals surface area contributed by atoms with E-state index in [1.807, 2.05) is 38.2 Å². The molecule has 8 heteroatoms. The number of rotatable bonds is 5. The molecule has 25 heavy (non-hydrogen) atoms. The van der Waals surface area contributed by atoms with E-state index < -0.39 is 0 Å². The average molecular weight is 379 g/mol. The molecular weight excluding hydrogens is 361 g/mol. The van der Waals surface area contributed by atoms with Crippen molar-refractivity contribution in [3.8, 4) is 5.69 Å². The first kappa shape index (κ1) is 17.7. The van der Waals surface area contributed by atoms with Crippen molar-refractivity contribution in [3.05, 3.63) is 69.2 Å². The molecule has 130 valence electrons. The monoisotopic (exact) mass is 378 g/mol. The zero-order valence-corrected chi connectivity index (χ0v) is 15.5. The van der Waals surface area contributed by atoms with E-state index in [2.05, 4.69) is 10.4 Å². The van der Waals surface area contributed by atoms with Gasteiger partial charge in [0.2, 0.25) is 4.77 Å². The normalized spacial score (nSPS) is 12.3. The van der Waals surface area contributed by atoms with E-state index in [-0.39, 0.29) is 5.82 Å². The van der Waals surface area contributed by atoms with E-state index in [1.54, 1.807) is 21.5 Å². The van der Waals surface area contributed by atoms with Crippen LogP contribution < -0.4 is 4.90 Å². The van der Waals surface area contributed by atoms with Gasteiger partial charge in [0.05, 0.1) is 23.3 Å². The van der Waals surface area contributed by atoms with Crippen molar-refractivity contribution >= 4 is 23.8 Å². The van der Waals surface area contributed by atoms with Gasteiger partial charge in [0.15, 0.2) is 6.67 Å². The molecule has 1 N–H and O–H groups in total. The summed E-state index contributed by atoms with van der Waals surface area (Å²) in [6.45, 7) is 2.89. The van der Waals surface area contributed by atoms with Gasteiger partial charge in [0, 0.05) is 0 Å². The quantitative estimate of drug-likeness (QED) is 0.694. The molecule has 0 saturated carbocycles. The van der Waals surface area contributed by atoms with Crippen LogP contribution in [0.1, 0.15) is 11.1 Å². The van der Waals surface area contributed by atoms with E-state index in [1.165, 1.54) is 6.07 Å². The molecule has 0 amide bonds. The molecule has 0 saturated heterocycles. The number of nitrogens with one attached hydrogen (secondary N) is 1. The highest BCUT2D eigenvalue weighted by atomic mass is 35.5. The molecule has 2 aromatic carbocycles. The summed E-state index contributed by atoms with van der Waals surface area (Å²) in [4.78, 5) is 0.985. The highest BCUT2D eigenvalue weighted by Gasteiger charge is 2.15. The van der Waals surface area contributed by atoms with Crippen molar-refractivity contribution in [1.82, 2.24) is 19.8 Å². The number of hydrogen-bond donors (Lipinski definition) is 1. The SMILES string of the molecule is Cc1ccc(-n2nnn(C[NH+](C)Cc3c(F)cccc3Cl)c2=S)cc1. The van der Waals surface area contributed by atoms with Gasteiger partial charge >= 0.3 is 0 Å². The second kappa shape index (κ2) is 7.43. The number of quaternary nitrogens is 1. The molecule has 3 rings (SSSR count). The maximum atomic E-state index is 13.9. The van der Waals surface area contributed by atoms with Crippen LogP contribution in [0.15, 0.2) is 42.5 Å². The smallest absolute Gasteiger partial charge is 0.225 e. The van der Waals surface area contributed by atoms with Crippen LogP contribution in [0.5, 0.6) is 0 Å². The predicted molar refractivity (Wildman–Crippen MR) is 96.9 cm³/mol. The molecule has 0 spiro atoms. The van der Waals surface area contributed by atoms with Crippen molar-refractivity contribution in [3.63, 3.8) is 0 Å². The highest BCUT2D eigenvalue weighted by Crippen LogP contribution is 2.17. The van der Waals surface area contributed by atoms with Crippen molar-refractivity contribution in [2.45, 2.75) is 20.1 Å². The van der Waals surface area contributed by atoms with E-state index in [9.17, 15) is 4.39 Å². The van der Waals surface area contributed by atoms with E-state index >= 15 is 0 Å². The van der Waals surface area contributed by atoms with Gasteiger partial charge < -0.3 is 4.90 Å². The van der Waals surface area contributed by atoms with Crippen LogP contribution in [0.3, 0.4) is 0 Å². The molecule has 1 atom stereocenters. The lowest BCUT2D eigenvalue weighted by Gasteiger charge is -2.14. The molecule has 1 aromatic heterocycles. The van der Waals surface area contributed by atoms with Gasteiger partial charge in [-0.15, -0.1) is 0 Å². The number of aryl methyl sites for hydroxylation is 1. The van der Waals surface area contributed by atoms with Gasteiger partial charge in [0.1, 0.15) is 12.4 Å². The van der Waals surface area contributed by atoms with Crippen molar-refractivity contribution in [2.24, 2.45) is 0 Å². The van der Waals surface area contributed by atoms with Crippen LogP contribution >= 0.6 is 23.8 Å². The Kier molecular flexibility index (Phi) is 5.27. The molecule has 0 bridgehead atoms. The zero-order chi connectivity index (χ0) is 18.0. The molecular formula is C17H18ClFN5S+. The number of nitrogens with zero attached hydrogens (tertiary/aromatic N) is 4. The van der Waals surface area contributed by atoms with Gasteiger partial charge in [-0.1, -0.05) is 35.4 Å². The van der Waals surface area contributed by atoms with Gasteiger partial charge in [-0.05, 0) is 53.8 Å². The molecule has 0 fully saturated rings. The molecule has 0 radical (unpaired) electrons. The minimum atomic E-state index is -0.307. The Balaban J connectivity index is 1.77. The minimum absolute atomic E-state index is 0.307. The third kappa shape index (κ3) is 3.95. The van der Waals surface area contributed by atoms with E-state index in [0.29, 0.717) is 28.6 Å². The Hall–Kier alpha value is -2.09. The summed E-state index contributed by atoms with van der Waals surface area (Å²) in [7, 11) is 1.93. The largest absolute Gasteiger partial charge is 0.315 e. The lowest BCUT2D eigenvalue weighted by atomic mass is 10.2. The second-order valence-electron chi connectivity index (χ2n) is 6.00.